The predicted molar refractivity (Wildman–Crippen MR) is 89.4 cm³/mol. The summed E-state index contributed by atoms with van der Waals surface area (Å²) >= 11 is 5.57. The third-order valence-electron chi connectivity index (χ3n) is 3.37. The van der Waals surface area contributed by atoms with Crippen molar-refractivity contribution in [2.24, 2.45) is 0 Å². The van der Waals surface area contributed by atoms with Gasteiger partial charge in [0.25, 0.3) is 10.0 Å². The summed E-state index contributed by atoms with van der Waals surface area (Å²) in [5, 5.41) is -0.587. The molecule has 0 bridgehead atoms. The second-order valence-corrected chi connectivity index (χ2v) is 7.33. The van der Waals surface area contributed by atoms with Gasteiger partial charge >= 0.3 is 12.1 Å². The number of hydrogen-bond acceptors (Lipinski definition) is 4. The number of sulfonamides is 1. The predicted octanol–water partition coefficient (Wildman–Crippen LogP) is 3.73. The Labute approximate surface area is 153 Å². The van der Waals surface area contributed by atoms with E-state index in [1.54, 1.807) is 6.07 Å². The first-order valence-corrected chi connectivity index (χ1v) is 8.90. The number of methoxy groups -OCH3 is 1. The Hall–Kier alpha value is -2.26. The Bertz CT molecular complexity index is 901. The molecule has 0 heterocycles. The van der Waals surface area contributed by atoms with Crippen LogP contribution < -0.4 is 4.31 Å². The summed E-state index contributed by atoms with van der Waals surface area (Å²) in [4.78, 5) is 11.5. The fourth-order valence-electron chi connectivity index (χ4n) is 2.10. The number of nitrogens with zero attached hydrogens (tertiary/aromatic N) is 1. The van der Waals surface area contributed by atoms with Crippen molar-refractivity contribution in [3.8, 4) is 0 Å². The number of ether oxygens (including phenoxy) is 1. The molecule has 26 heavy (non-hydrogen) atoms. The van der Waals surface area contributed by atoms with E-state index in [0.29, 0.717) is 10.4 Å². The molecule has 2 aromatic carbocycles. The van der Waals surface area contributed by atoms with Crippen molar-refractivity contribution in [3.63, 3.8) is 0 Å². The minimum atomic E-state index is -4.79. The number of hydrogen-bond donors (Lipinski definition) is 0. The van der Waals surface area contributed by atoms with Crippen molar-refractivity contribution in [1.82, 2.24) is 0 Å². The number of carbonyl (C=O) groups excluding carboxylic acids is 1. The van der Waals surface area contributed by atoms with E-state index < -0.39 is 39.3 Å². The van der Waals surface area contributed by atoms with Crippen molar-refractivity contribution in [2.75, 3.05) is 18.0 Å². The molecule has 0 atom stereocenters. The van der Waals surface area contributed by atoms with Crippen LogP contribution in [0.25, 0.3) is 0 Å². The van der Waals surface area contributed by atoms with E-state index in [9.17, 15) is 26.4 Å². The fourth-order valence-corrected chi connectivity index (χ4v) is 3.75. The number of alkyl halides is 3. The Kier molecular flexibility index (Phi) is 5.82. The van der Waals surface area contributed by atoms with E-state index in [0.717, 1.165) is 19.2 Å². The normalized spacial score (nSPS) is 11.9. The fraction of sp³-hybridized carbons (Fsp3) is 0.188. The third-order valence-corrected chi connectivity index (χ3v) is 5.49. The summed E-state index contributed by atoms with van der Waals surface area (Å²) in [6.07, 6.45) is -4.79. The van der Waals surface area contributed by atoms with E-state index in [2.05, 4.69) is 4.74 Å². The molecule has 0 spiro atoms. The van der Waals surface area contributed by atoms with Gasteiger partial charge in [0.1, 0.15) is 6.54 Å². The lowest BCUT2D eigenvalue weighted by Gasteiger charge is -2.24. The highest BCUT2D eigenvalue weighted by atomic mass is 35.5. The summed E-state index contributed by atoms with van der Waals surface area (Å²) in [6.45, 7) is -0.799. The van der Waals surface area contributed by atoms with Crippen molar-refractivity contribution in [2.45, 2.75) is 11.1 Å². The summed E-state index contributed by atoms with van der Waals surface area (Å²) in [5.41, 5.74) is -1.58. The maximum Gasteiger partial charge on any atom is 0.417 e. The standard InChI is InChI=1S/C16H13ClF3NO4S/c1-25-15(22)10-21(26(23,24)12-5-3-2-4-6-12)11-7-8-14(17)13(9-11)16(18,19)20/h2-9H,10H2,1H3. The van der Waals surface area contributed by atoms with Crippen LogP contribution in [-0.2, 0) is 25.7 Å². The van der Waals surface area contributed by atoms with Crippen molar-refractivity contribution < 1.29 is 31.1 Å². The van der Waals surface area contributed by atoms with Crippen LogP contribution in [0.15, 0.2) is 53.4 Å². The van der Waals surface area contributed by atoms with Crippen LogP contribution >= 0.6 is 11.6 Å². The monoisotopic (exact) mass is 407 g/mol. The topological polar surface area (TPSA) is 63.7 Å². The summed E-state index contributed by atoms with van der Waals surface area (Å²) < 4.78 is 70.0. The molecule has 2 rings (SSSR count). The Morgan fingerprint density at radius 2 is 1.77 bits per heavy atom. The summed E-state index contributed by atoms with van der Waals surface area (Å²) in [7, 11) is -3.27. The minimum absolute atomic E-state index is 0.188. The highest BCUT2D eigenvalue weighted by Gasteiger charge is 2.35. The molecule has 0 aliphatic carbocycles. The highest BCUT2D eigenvalue weighted by Crippen LogP contribution is 2.37. The molecular formula is C16H13ClF3NO4S. The van der Waals surface area contributed by atoms with Gasteiger partial charge in [0.05, 0.1) is 28.3 Å². The van der Waals surface area contributed by atoms with Gasteiger partial charge in [-0.3, -0.25) is 9.10 Å². The zero-order chi connectivity index (χ0) is 19.5. The van der Waals surface area contributed by atoms with Gasteiger partial charge in [-0.05, 0) is 30.3 Å². The number of carbonyl (C=O) groups is 1. The molecule has 5 nitrogen and oxygen atoms in total. The van der Waals surface area contributed by atoms with E-state index in [4.69, 9.17) is 11.6 Å². The van der Waals surface area contributed by atoms with Crippen molar-refractivity contribution in [3.05, 3.63) is 59.1 Å². The molecule has 0 aliphatic heterocycles. The summed E-state index contributed by atoms with van der Waals surface area (Å²) in [6, 6.07) is 9.59. The zero-order valence-electron chi connectivity index (χ0n) is 13.3. The lowest BCUT2D eigenvalue weighted by molar-refractivity contribution is -0.138. The van der Waals surface area contributed by atoms with Gasteiger partial charge in [-0.25, -0.2) is 8.42 Å². The second kappa shape index (κ2) is 7.55. The van der Waals surface area contributed by atoms with E-state index in [1.165, 1.54) is 24.3 Å². The second-order valence-electron chi connectivity index (χ2n) is 5.06. The van der Waals surface area contributed by atoms with Gasteiger partial charge in [0.15, 0.2) is 0 Å². The van der Waals surface area contributed by atoms with Gasteiger partial charge in [-0.15, -0.1) is 0 Å². The third kappa shape index (κ3) is 4.28. The zero-order valence-corrected chi connectivity index (χ0v) is 14.9. The number of benzene rings is 2. The molecule has 0 aliphatic rings. The van der Waals surface area contributed by atoms with Gasteiger partial charge < -0.3 is 4.74 Å². The molecule has 0 saturated heterocycles. The van der Waals surface area contributed by atoms with Gasteiger partial charge in [-0.2, -0.15) is 13.2 Å². The average molecular weight is 408 g/mol. The number of halogens is 4. The van der Waals surface area contributed by atoms with Crippen LogP contribution in [0.3, 0.4) is 0 Å². The molecule has 0 saturated carbocycles. The number of rotatable bonds is 5. The first-order valence-electron chi connectivity index (χ1n) is 7.08. The Balaban J connectivity index is 2.62. The molecular weight excluding hydrogens is 395 g/mol. The van der Waals surface area contributed by atoms with Crippen LogP contribution in [0.5, 0.6) is 0 Å². The smallest absolute Gasteiger partial charge is 0.417 e. The lowest BCUT2D eigenvalue weighted by Crippen LogP contribution is -2.36. The molecule has 140 valence electrons. The summed E-state index contributed by atoms with van der Waals surface area (Å²) in [5.74, 6) is -0.937. The molecule has 2 aromatic rings. The lowest BCUT2D eigenvalue weighted by atomic mass is 10.2. The van der Waals surface area contributed by atoms with Crippen LogP contribution in [0.1, 0.15) is 5.56 Å². The largest absolute Gasteiger partial charge is 0.468 e. The van der Waals surface area contributed by atoms with E-state index >= 15 is 0 Å². The van der Waals surface area contributed by atoms with Crippen molar-refractivity contribution >= 4 is 33.3 Å². The van der Waals surface area contributed by atoms with Gasteiger partial charge in [0.2, 0.25) is 0 Å². The number of esters is 1. The molecule has 0 amide bonds. The number of anilines is 1. The van der Waals surface area contributed by atoms with Crippen LogP contribution in [-0.4, -0.2) is 28.0 Å². The molecule has 0 aromatic heterocycles. The quantitative estimate of drug-likeness (QED) is 0.708. The van der Waals surface area contributed by atoms with E-state index in [-0.39, 0.29) is 10.6 Å². The molecule has 0 unspecified atom stereocenters. The molecule has 0 radical (unpaired) electrons. The van der Waals surface area contributed by atoms with Crippen LogP contribution in [0.2, 0.25) is 5.02 Å². The maximum absolute atomic E-state index is 13.1. The van der Waals surface area contributed by atoms with Crippen LogP contribution in [0, 0.1) is 0 Å². The molecule has 0 fully saturated rings. The highest BCUT2D eigenvalue weighted by molar-refractivity contribution is 7.92. The first kappa shape index (κ1) is 20.1. The van der Waals surface area contributed by atoms with Crippen molar-refractivity contribution in [1.29, 1.82) is 0 Å². The first-order chi connectivity index (χ1) is 12.1. The van der Waals surface area contributed by atoms with Gasteiger partial charge in [-0.1, -0.05) is 29.8 Å². The Morgan fingerprint density at radius 3 is 2.31 bits per heavy atom. The molecule has 0 N–H and O–H groups in total. The average Bonchev–Trinajstić information content (AvgIpc) is 2.59. The van der Waals surface area contributed by atoms with Gasteiger partial charge in [0, 0.05) is 0 Å². The van der Waals surface area contributed by atoms with E-state index in [1.807, 2.05) is 0 Å². The Morgan fingerprint density at radius 1 is 1.15 bits per heavy atom. The minimum Gasteiger partial charge on any atom is -0.468 e. The molecule has 10 heteroatoms. The SMILES string of the molecule is COC(=O)CN(c1ccc(Cl)c(C(F)(F)F)c1)S(=O)(=O)c1ccccc1. The maximum atomic E-state index is 13.1. The van der Waals surface area contributed by atoms with Crippen LogP contribution in [0.4, 0.5) is 18.9 Å².